The molecule has 112 valence electrons. The first kappa shape index (κ1) is 16.8. The maximum Gasteiger partial charge on any atom is 0.220 e. The van der Waals surface area contributed by atoms with Gasteiger partial charge in [0.25, 0.3) is 0 Å². The number of thioether (sulfide) groups is 1. The van der Waals surface area contributed by atoms with Gasteiger partial charge < -0.3 is 16.2 Å². The average molecular weight is 288 g/mol. The van der Waals surface area contributed by atoms with E-state index in [0.29, 0.717) is 13.0 Å². The van der Waals surface area contributed by atoms with Crippen molar-refractivity contribution in [3.8, 4) is 0 Å². The van der Waals surface area contributed by atoms with Crippen molar-refractivity contribution in [2.24, 2.45) is 11.1 Å². The zero-order valence-corrected chi connectivity index (χ0v) is 12.6. The summed E-state index contributed by atoms with van der Waals surface area (Å²) in [5.74, 6) is 2.02. The lowest BCUT2D eigenvalue weighted by Gasteiger charge is -2.35. The van der Waals surface area contributed by atoms with Crippen LogP contribution in [0.25, 0.3) is 0 Å². The van der Waals surface area contributed by atoms with Gasteiger partial charge in [-0.3, -0.25) is 4.79 Å². The van der Waals surface area contributed by atoms with Crippen LogP contribution >= 0.6 is 11.8 Å². The number of hydrogen-bond acceptors (Lipinski definition) is 4. The summed E-state index contributed by atoms with van der Waals surface area (Å²) in [6, 6.07) is 0. The van der Waals surface area contributed by atoms with Crippen molar-refractivity contribution in [2.75, 3.05) is 31.2 Å². The number of nitrogens with two attached hydrogens (primary N) is 1. The van der Waals surface area contributed by atoms with Gasteiger partial charge in [0.2, 0.25) is 5.91 Å². The molecule has 0 saturated heterocycles. The number of rotatable bonds is 9. The van der Waals surface area contributed by atoms with Crippen molar-refractivity contribution in [1.29, 1.82) is 0 Å². The maximum absolute atomic E-state index is 11.9. The molecule has 5 heteroatoms. The average Bonchev–Trinajstić information content (AvgIpc) is 2.43. The summed E-state index contributed by atoms with van der Waals surface area (Å²) in [5.41, 5.74) is 5.95. The Hall–Kier alpha value is -0.260. The largest absolute Gasteiger partial charge is 0.396 e. The highest BCUT2D eigenvalue weighted by molar-refractivity contribution is 7.99. The van der Waals surface area contributed by atoms with Gasteiger partial charge in [-0.2, -0.15) is 11.8 Å². The number of carbonyl (C=O) groups is 1. The fraction of sp³-hybridized carbons (Fsp3) is 0.929. The fourth-order valence-electron chi connectivity index (χ4n) is 2.69. The molecule has 0 atom stereocenters. The Balaban J connectivity index is 2.15. The molecule has 19 heavy (non-hydrogen) atoms. The van der Waals surface area contributed by atoms with Crippen molar-refractivity contribution in [3.63, 3.8) is 0 Å². The summed E-state index contributed by atoms with van der Waals surface area (Å²) < 4.78 is 0. The number of aliphatic hydroxyl groups excluding tert-OH is 1. The van der Waals surface area contributed by atoms with Gasteiger partial charge in [0.05, 0.1) is 0 Å². The van der Waals surface area contributed by atoms with Crippen LogP contribution in [0.15, 0.2) is 0 Å². The zero-order chi connectivity index (χ0) is 14.0. The Labute approximate surface area is 120 Å². The van der Waals surface area contributed by atoms with Crippen LogP contribution in [0.4, 0.5) is 0 Å². The minimum atomic E-state index is 0.0619. The van der Waals surface area contributed by atoms with Crippen LogP contribution in [0, 0.1) is 5.41 Å². The van der Waals surface area contributed by atoms with E-state index in [1.807, 2.05) is 0 Å². The quantitative estimate of drug-likeness (QED) is 0.562. The van der Waals surface area contributed by atoms with Gasteiger partial charge >= 0.3 is 0 Å². The summed E-state index contributed by atoms with van der Waals surface area (Å²) >= 11 is 1.77. The number of carbonyl (C=O) groups excluding carboxylic acids is 1. The van der Waals surface area contributed by atoms with E-state index in [-0.39, 0.29) is 17.9 Å². The molecular formula is C14H28N2O2S. The molecule has 0 spiro atoms. The maximum atomic E-state index is 11.9. The summed E-state index contributed by atoms with van der Waals surface area (Å²) in [6.45, 7) is 1.60. The van der Waals surface area contributed by atoms with Crippen LogP contribution in [0.5, 0.6) is 0 Å². The highest BCUT2D eigenvalue weighted by Crippen LogP contribution is 2.38. The van der Waals surface area contributed by atoms with Crippen molar-refractivity contribution < 1.29 is 9.90 Å². The van der Waals surface area contributed by atoms with E-state index < -0.39 is 0 Å². The zero-order valence-electron chi connectivity index (χ0n) is 11.8. The van der Waals surface area contributed by atoms with Gasteiger partial charge in [-0.05, 0) is 37.0 Å². The van der Waals surface area contributed by atoms with E-state index in [1.165, 1.54) is 19.3 Å². The lowest BCUT2D eigenvalue weighted by Crippen LogP contribution is -2.39. The molecule has 0 heterocycles. The van der Waals surface area contributed by atoms with Gasteiger partial charge in [-0.15, -0.1) is 0 Å². The molecule has 1 amide bonds. The molecule has 4 nitrogen and oxygen atoms in total. The minimum absolute atomic E-state index is 0.0619. The molecule has 1 fully saturated rings. The number of amides is 1. The standard InChI is InChI=1S/C14H28N2O2S/c15-12-14(5-2-1-3-6-14)11-13(18)16-7-10-19-9-4-8-17/h17H,1-12,15H2,(H,16,18). The summed E-state index contributed by atoms with van der Waals surface area (Å²) in [7, 11) is 0. The third-order valence-electron chi connectivity index (χ3n) is 3.90. The Kier molecular flexibility index (Phi) is 8.50. The van der Waals surface area contributed by atoms with Crippen LogP contribution in [-0.2, 0) is 4.79 Å². The van der Waals surface area contributed by atoms with Gasteiger partial charge in [-0.1, -0.05) is 19.3 Å². The molecule has 1 aliphatic carbocycles. The lowest BCUT2D eigenvalue weighted by atomic mass is 9.72. The normalized spacial score (nSPS) is 18.2. The third kappa shape index (κ3) is 6.63. The molecule has 0 aromatic rings. The van der Waals surface area contributed by atoms with E-state index in [4.69, 9.17) is 10.8 Å². The second-order valence-corrected chi connectivity index (χ2v) is 6.71. The van der Waals surface area contributed by atoms with Gasteiger partial charge in [-0.25, -0.2) is 0 Å². The summed E-state index contributed by atoms with van der Waals surface area (Å²) in [4.78, 5) is 11.9. The molecule has 4 N–H and O–H groups in total. The molecule has 0 aliphatic heterocycles. The molecule has 0 aromatic heterocycles. The molecule has 0 bridgehead atoms. The lowest BCUT2D eigenvalue weighted by molar-refractivity contribution is -0.123. The van der Waals surface area contributed by atoms with E-state index in [1.54, 1.807) is 11.8 Å². The Morgan fingerprint density at radius 3 is 2.63 bits per heavy atom. The highest BCUT2D eigenvalue weighted by Gasteiger charge is 2.32. The molecular weight excluding hydrogens is 260 g/mol. The van der Waals surface area contributed by atoms with Gasteiger partial charge in [0.1, 0.15) is 0 Å². The topological polar surface area (TPSA) is 75.4 Å². The smallest absolute Gasteiger partial charge is 0.220 e. The monoisotopic (exact) mass is 288 g/mol. The molecule has 0 radical (unpaired) electrons. The van der Waals surface area contributed by atoms with Crippen molar-refractivity contribution in [3.05, 3.63) is 0 Å². The molecule has 1 aliphatic rings. The third-order valence-corrected chi connectivity index (χ3v) is 4.97. The van der Waals surface area contributed by atoms with Crippen LogP contribution in [0.2, 0.25) is 0 Å². The first-order chi connectivity index (χ1) is 9.22. The first-order valence-corrected chi connectivity index (χ1v) is 8.53. The Morgan fingerprint density at radius 2 is 2.00 bits per heavy atom. The summed E-state index contributed by atoms with van der Waals surface area (Å²) in [6.07, 6.45) is 7.32. The summed E-state index contributed by atoms with van der Waals surface area (Å²) in [5, 5.41) is 11.6. The van der Waals surface area contributed by atoms with E-state index >= 15 is 0 Å². The van der Waals surface area contributed by atoms with Gasteiger partial charge in [0, 0.05) is 25.3 Å². The second-order valence-electron chi connectivity index (χ2n) is 5.48. The highest BCUT2D eigenvalue weighted by atomic mass is 32.2. The predicted molar refractivity (Wildman–Crippen MR) is 81.2 cm³/mol. The van der Waals surface area contributed by atoms with Crippen LogP contribution in [-0.4, -0.2) is 42.2 Å². The van der Waals surface area contributed by atoms with Crippen molar-refractivity contribution in [1.82, 2.24) is 5.32 Å². The molecule has 1 saturated carbocycles. The number of aliphatic hydroxyl groups is 1. The minimum Gasteiger partial charge on any atom is -0.396 e. The van der Waals surface area contributed by atoms with E-state index in [9.17, 15) is 4.79 Å². The number of nitrogens with one attached hydrogen (secondary N) is 1. The number of hydrogen-bond donors (Lipinski definition) is 3. The Bertz CT molecular complexity index is 256. The molecule has 1 rings (SSSR count). The predicted octanol–water partition coefficient (Wildman–Crippen LogP) is 1.52. The fourth-order valence-corrected chi connectivity index (χ4v) is 3.47. The van der Waals surface area contributed by atoms with Crippen molar-refractivity contribution in [2.45, 2.75) is 44.9 Å². The SMILES string of the molecule is NCC1(CC(=O)NCCSCCCO)CCCCC1. The van der Waals surface area contributed by atoms with Crippen LogP contribution in [0.1, 0.15) is 44.9 Å². The first-order valence-electron chi connectivity index (χ1n) is 7.38. The molecule has 0 aromatic carbocycles. The molecule has 0 unspecified atom stereocenters. The van der Waals surface area contributed by atoms with Crippen LogP contribution in [0.3, 0.4) is 0 Å². The van der Waals surface area contributed by atoms with Gasteiger partial charge in [0.15, 0.2) is 0 Å². The van der Waals surface area contributed by atoms with E-state index in [0.717, 1.165) is 37.3 Å². The van der Waals surface area contributed by atoms with Crippen LogP contribution < -0.4 is 11.1 Å². The van der Waals surface area contributed by atoms with Crippen molar-refractivity contribution >= 4 is 17.7 Å². The van der Waals surface area contributed by atoms with E-state index in [2.05, 4.69) is 5.32 Å². The Morgan fingerprint density at radius 1 is 1.26 bits per heavy atom. The second kappa shape index (κ2) is 9.61.